The number of hydrogen-bond acceptors (Lipinski definition) is 2. The fourth-order valence-electron chi connectivity index (χ4n) is 2.54. The molecule has 2 rings (SSSR count). The minimum absolute atomic E-state index is 0.244. The largest absolute Gasteiger partial charge is 0.215 e. The first-order valence-corrected chi connectivity index (χ1v) is 8.84. The summed E-state index contributed by atoms with van der Waals surface area (Å²) in [6, 6.07) is 6.57. The van der Waals surface area contributed by atoms with Gasteiger partial charge in [-0.3, -0.25) is 0 Å². The van der Waals surface area contributed by atoms with Gasteiger partial charge < -0.3 is 0 Å². The SMILES string of the molecule is CCCCS(=O)(=O)NCCc1ccc2c(c1)CCC2. The van der Waals surface area contributed by atoms with Crippen LogP contribution in [0.3, 0.4) is 0 Å². The van der Waals surface area contributed by atoms with Crippen LogP contribution >= 0.6 is 0 Å². The number of aryl methyl sites for hydroxylation is 2. The van der Waals surface area contributed by atoms with E-state index in [1.807, 2.05) is 6.92 Å². The van der Waals surface area contributed by atoms with E-state index in [1.165, 1.54) is 36.0 Å². The first-order chi connectivity index (χ1) is 9.11. The maximum atomic E-state index is 11.7. The lowest BCUT2D eigenvalue weighted by Gasteiger charge is -2.07. The molecule has 0 aliphatic heterocycles. The van der Waals surface area contributed by atoms with Crippen molar-refractivity contribution in [1.82, 2.24) is 4.72 Å². The van der Waals surface area contributed by atoms with E-state index >= 15 is 0 Å². The molecule has 0 radical (unpaired) electrons. The lowest BCUT2D eigenvalue weighted by atomic mass is 10.0. The maximum Gasteiger partial charge on any atom is 0.211 e. The molecule has 0 spiro atoms. The van der Waals surface area contributed by atoms with Crippen molar-refractivity contribution in [2.75, 3.05) is 12.3 Å². The van der Waals surface area contributed by atoms with Gasteiger partial charge >= 0.3 is 0 Å². The summed E-state index contributed by atoms with van der Waals surface area (Å²) in [6.45, 7) is 2.50. The summed E-state index contributed by atoms with van der Waals surface area (Å²) < 4.78 is 26.0. The summed E-state index contributed by atoms with van der Waals surface area (Å²) in [5.41, 5.74) is 4.15. The van der Waals surface area contributed by atoms with Gasteiger partial charge in [0.1, 0.15) is 0 Å². The average Bonchev–Trinajstić information content (AvgIpc) is 2.83. The van der Waals surface area contributed by atoms with Gasteiger partial charge in [0, 0.05) is 6.54 Å². The summed E-state index contributed by atoms with van der Waals surface area (Å²) in [5, 5.41) is 0. The van der Waals surface area contributed by atoms with Crippen molar-refractivity contribution >= 4 is 10.0 Å². The highest BCUT2D eigenvalue weighted by atomic mass is 32.2. The van der Waals surface area contributed by atoms with E-state index in [0.717, 1.165) is 19.3 Å². The second-order valence-electron chi connectivity index (χ2n) is 5.27. The van der Waals surface area contributed by atoms with Gasteiger partial charge in [-0.15, -0.1) is 0 Å². The number of rotatable bonds is 7. The third-order valence-corrected chi connectivity index (χ3v) is 5.14. The number of nitrogens with one attached hydrogen (secondary N) is 1. The molecule has 0 aromatic heterocycles. The van der Waals surface area contributed by atoms with Gasteiger partial charge in [-0.1, -0.05) is 31.5 Å². The molecule has 0 atom stereocenters. The van der Waals surface area contributed by atoms with Gasteiger partial charge in [0.25, 0.3) is 0 Å². The predicted octanol–water partition coefficient (Wildman–Crippen LogP) is 2.44. The average molecular weight is 281 g/mol. The highest BCUT2D eigenvalue weighted by Crippen LogP contribution is 2.22. The van der Waals surface area contributed by atoms with Gasteiger partial charge in [-0.2, -0.15) is 0 Å². The Kier molecular flexibility index (Phi) is 4.99. The Balaban J connectivity index is 1.83. The molecular weight excluding hydrogens is 258 g/mol. The molecule has 1 aromatic rings. The van der Waals surface area contributed by atoms with Crippen LogP contribution in [0.15, 0.2) is 18.2 Å². The molecule has 1 aliphatic carbocycles. The molecule has 3 nitrogen and oxygen atoms in total. The van der Waals surface area contributed by atoms with Crippen molar-refractivity contribution < 1.29 is 8.42 Å². The number of unbranched alkanes of at least 4 members (excludes halogenated alkanes) is 1. The minimum Gasteiger partial charge on any atom is -0.215 e. The third-order valence-electron chi connectivity index (χ3n) is 3.67. The van der Waals surface area contributed by atoms with Gasteiger partial charge in [0.05, 0.1) is 5.75 Å². The van der Waals surface area contributed by atoms with E-state index in [4.69, 9.17) is 0 Å². The molecule has 0 unspecified atom stereocenters. The van der Waals surface area contributed by atoms with Crippen LogP contribution in [-0.4, -0.2) is 20.7 Å². The first kappa shape index (κ1) is 14.5. The third kappa shape index (κ3) is 4.32. The Morgan fingerprint density at radius 1 is 1.21 bits per heavy atom. The second kappa shape index (κ2) is 6.53. The molecule has 0 saturated heterocycles. The quantitative estimate of drug-likeness (QED) is 0.834. The standard InChI is InChI=1S/C15H23NO2S/c1-2-3-11-19(17,18)16-10-9-13-7-8-14-5-4-6-15(14)12-13/h7-8,12,16H,2-6,9-11H2,1H3. The van der Waals surface area contributed by atoms with Crippen molar-refractivity contribution in [2.45, 2.75) is 45.4 Å². The van der Waals surface area contributed by atoms with Gasteiger partial charge in [-0.25, -0.2) is 13.1 Å². The maximum absolute atomic E-state index is 11.7. The molecule has 4 heteroatoms. The summed E-state index contributed by atoms with van der Waals surface area (Å²) in [5.74, 6) is 0.244. The lowest BCUT2D eigenvalue weighted by Crippen LogP contribution is -2.28. The second-order valence-corrected chi connectivity index (χ2v) is 7.20. The van der Waals surface area contributed by atoms with Crippen LogP contribution in [0.5, 0.6) is 0 Å². The Hall–Kier alpha value is -0.870. The van der Waals surface area contributed by atoms with Crippen molar-refractivity contribution in [3.8, 4) is 0 Å². The highest BCUT2D eigenvalue weighted by molar-refractivity contribution is 7.89. The van der Waals surface area contributed by atoms with Gasteiger partial charge in [0.15, 0.2) is 0 Å². The molecule has 1 N–H and O–H groups in total. The highest BCUT2D eigenvalue weighted by Gasteiger charge is 2.11. The van der Waals surface area contributed by atoms with Gasteiger partial charge in [0.2, 0.25) is 10.0 Å². The smallest absolute Gasteiger partial charge is 0.211 e. The van der Waals surface area contributed by atoms with Gasteiger partial charge in [-0.05, 0) is 48.8 Å². The Labute approximate surface area is 116 Å². The lowest BCUT2D eigenvalue weighted by molar-refractivity contribution is 0.578. The zero-order valence-corrected chi connectivity index (χ0v) is 12.4. The summed E-state index contributed by atoms with van der Waals surface area (Å²) >= 11 is 0. The van der Waals surface area contributed by atoms with E-state index in [1.54, 1.807) is 0 Å². The molecule has 19 heavy (non-hydrogen) atoms. The molecule has 0 saturated carbocycles. The van der Waals surface area contributed by atoms with E-state index in [9.17, 15) is 8.42 Å². The van der Waals surface area contributed by atoms with Crippen molar-refractivity contribution in [1.29, 1.82) is 0 Å². The normalized spacial score (nSPS) is 14.6. The number of hydrogen-bond donors (Lipinski definition) is 1. The van der Waals surface area contributed by atoms with Crippen LogP contribution in [0, 0.1) is 0 Å². The zero-order chi connectivity index (χ0) is 13.7. The van der Waals surface area contributed by atoms with E-state index in [0.29, 0.717) is 6.54 Å². The van der Waals surface area contributed by atoms with Crippen molar-refractivity contribution in [3.63, 3.8) is 0 Å². The number of sulfonamides is 1. The van der Waals surface area contributed by atoms with Crippen molar-refractivity contribution in [2.24, 2.45) is 0 Å². The molecule has 1 aliphatic rings. The molecule has 0 heterocycles. The van der Waals surface area contributed by atoms with Crippen LogP contribution in [0.4, 0.5) is 0 Å². The topological polar surface area (TPSA) is 46.2 Å². The molecular formula is C15H23NO2S. The minimum atomic E-state index is -3.08. The molecule has 0 bridgehead atoms. The summed E-state index contributed by atoms with van der Waals surface area (Å²) in [6.07, 6.45) is 6.03. The molecule has 0 amide bonds. The Bertz CT molecular complexity index is 523. The first-order valence-electron chi connectivity index (χ1n) is 7.19. The zero-order valence-electron chi connectivity index (χ0n) is 11.6. The van der Waals surface area contributed by atoms with Crippen LogP contribution in [-0.2, 0) is 29.3 Å². The molecule has 0 fully saturated rings. The number of fused-ring (bicyclic) bond motifs is 1. The van der Waals surface area contributed by atoms with E-state index in [-0.39, 0.29) is 5.75 Å². The number of benzene rings is 1. The Morgan fingerprint density at radius 2 is 2.00 bits per heavy atom. The van der Waals surface area contributed by atoms with E-state index in [2.05, 4.69) is 22.9 Å². The molecule has 1 aromatic carbocycles. The monoisotopic (exact) mass is 281 g/mol. The van der Waals surface area contributed by atoms with Crippen molar-refractivity contribution in [3.05, 3.63) is 34.9 Å². The fraction of sp³-hybridized carbons (Fsp3) is 0.600. The van der Waals surface area contributed by atoms with Crippen LogP contribution in [0.25, 0.3) is 0 Å². The fourth-order valence-corrected chi connectivity index (χ4v) is 3.76. The van der Waals surface area contributed by atoms with Crippen LogP contribution in [0.1, 0.15) is 42.9 Å². The Morgan fingerprint density at radius 3 is 2.79 bits per heavy atom. The predicted molar refractivity (Wildman–Crippen MR) is 78.9 cm³/mol. The molecule has 106 valence electrons. The summed E-state index contributed by atoms with van der Waals surface area (Å²) in [7, 11) is -3.08. The van der Waals surface area contributed by atoms with Crippen LogP contribution < -0.4 is 4.72 Å². The summed E-state index contributed by atoms with van der Waals surface area (Å²) in [4.78, 5) is 0. The van der Waals surface area contributed by atoms with E-state index < -0.39 is 10.0 Å². The van der Waals surface area contributed by atoms with Crippen LogP contribution in [0.2, 0.25) is 0 Å².